The minimum atomic E-state index is -1.26. The van der Waals surface area contributed by atoms with E-state index in [2.05, 4.69) is 5.48 Å². The maximum absolute atomic E-state index is 11.2. The molecule has 0 radical (unpaired) electrons. The number of nitro groups is 1. The molecule has 7 nitrogen and oxygen atoms in total. The predicted octanol–water partition coefficient (Wildman–Crippen LogP) is 3.27. The van der Waals surface area contributed by atoms with Gasteiger partial charge in [0, 0.05) is 12.1 Å². The number of rotatable bonds is 8. The van der Waals surface area contributed by atoms with Crippen molar-refractivity contribution in [2.75, 3.05) is 12.1 Å². The van der Waals surface area contributed by atoms with Crippen molar-refractivity contribution in [2.45, 2.75) is 12.8 Å². The molecule has 2 aromatic rings. The number of nitrogens with one attached hydrogen (secondary N) is 1. The van der Waals surface area contributed by atoms with Gasteiger partial charge < -0.3 is 5.11 Å². The van der Waals surface area contributed by atoms with E-state index in [0.717, 1.165) is 18.9 Å². The normalized spacial score (nSPS) is 10.3. The zero-order chi connectivity index (χ0) is 16.7. The molecule has 0 atom stereocenters. The van der Waals surface area contributed by atoms with E-state index >= 15 is 0 Å². The summed E-state index contributed by atoms with van der Waals surface area (Å²) in [7, 11) is 0. The number of benzene rings is 2. The van der Waals surface area contributed by atoms with Gasteiger partial charge in [0.2, 0.25) is 0 Å². The molecule has 0 spiro atoms. The number of anilines is 1. The van der Waals surface area contributed by atoms with Crippen LogP contribution in [-0.2, 0) is 11.3 Å². The Labute approximate surface area is 132 Å². The van der Waals surface area contributed by atoms with Gasteiger partial charge in [-0.15, -0.1) is 0 Å². The second kappa shape index (κ2) is 7.90. The summed E-state index contributed by atoms with van der Waals surface area (Å²) in [4.78, 5) is 26.4. The van der Waals surface area contributed by atoms with Crippen LogP contribution in [-0.4, -0.2) is 22.6 Å². The monoisotopic (exact) mass is 316 g/mol. The molecule has 0 fully saturated rings. The first-order chi connectivity index (χ1) is 11.1. The standard InChI is InChI=1S/C16H16N2O5/c19-16(20)14-11-13(18(21)22)8-9-15(14)17-23-10-4-7-12-5-2-1-3-6-12/h1-3,5-6,8-9,11,17H,4,7,10H2,(H,19,20). The maximum atomic E-state index is 11.2. The topological polar surface area (TPSA) is 102 Å². The summed E-state index contributed by atoms with van der Waals surface area (Å²) in [6, 6.07) is 13.5. The van der Waals surface area contributed by atoms with Gasteiger partial charge in [-0.25, -0.2) is 4.79 Å². The lowest BCUT2D eigenvalue weighted by Crippen LogP contribution is -2.09. The lowest BCUT2D eigenvalue weighted by molar-refractivity contribution is -0.384. The minimum Gasteiger partial charge on any atom is -0.478 e. The average Bonchev–Trinajstić information content (AvgIpc) is 2.55. The molecule has 0 amide bonds. The van der Waals surface area contributed by atoms with Crippen LogP contribution in [0.5, 0.6) is 0 Å². The molecule has 0 unspecified atom stereocenters. The molecule has 0 aliphatic carbocycles. The van der Waals surface area contributed by atoms with Gasteiger partial charge in [-0.1, -0.05) is 30.3 Å². The van der Waals surface area contributed by atoms with E-state index in [1.807, 2.05) is 30.3 Å². The highest BCUT2D eigenvalue weighted by Crippen LogP contribution is 2.22. The predicted molar refractivity (Wildman–Crippen MR) is 84.4 cm³/mol. The van der Waals surface area contributed by atoms with Crippen LogP contribution in [0.25, 0.3) is 0 Å². The average molecular weight is 316 g/mol. The summed E-state index contributed by atoms with van der Waals surface area (Å²) in [5.74, 6) is -1.26. The van der Waals surface area contributed by atoms with Crippen LogP contribution in [0.15, 0.2) is 48.5 Å². The molecule has 120 valence electrons. The summed E-state index contributed by atoms with van der Waals surface area (Å²) in [6.07, 6.45) is 1.60. The molecule has 7 heteroatoms. The molecular formula is C16H16N2O5. The van der Waals surface area contributed by atoms with Crippen molar-refractivity contribution in [1.29, 1.82) is 0 Å². The van der Waals surface area contributed by atoms with E-state index in [4.69, 9.17) is 9.94 Å². The molecule has 23 heavy (non-hydrogen) atoms. The first-order valence-corrected chi connectivity index (χ1v) is 7.01. The maximum Gasteiger partial charge on any atom is 0.338 e. The molecule has 0 aliphatic heterocycles. The Morgan fingerprint density at radius 3 is 2.61 bits per heavy atom. The van der Waals surface area contributed by atoms with Crippen molar-refractivity contribution in [3.8, 4) is 0 Å². The van der Waals surface area contributed by atoms with Gasteiger partial charge in [0.1, 0.15) is 0 Å². The van der Waals surface area contributed by atoms with Crippen LogP contribution in [0, 0.1) is 10.1 Å². The van der Waals surface area contributed by atoms with Crippen molar-refractivity contribution in [3.63, 3.8) is 0 Å². The Hall–Kier alpha value is -2.93. The fourth-order valence-electron chi connectivity index (χ4n) is 2.03. The van der Waals surface area contributed by atoms with Crippen molar-refractivity contribution in [2.24, 2.45) is 0 Å². The van der Waals surface area contributed by atoms with Gasteiger partial charge in [-0.3, -0.25) is 20.4 Å². The molecule has 0 aliphatic rings. The fourth-order valence-corrected chi connectivity index (χ4v) is 2.03. The van der Waals surface area contributed by atoms with Crippen LogP contribution >= 0.6 is 0 Å². The third kappa shape index (κ3) is 4.79. The van der Waals surface area contributed by atoms with Gasteiger partial charge in [0.25, 0.3) is 5.69 Å². The highest BCUT2D eigenvalue weighted by atomic mass is 16.6. The van der Waals surface area contributed by atoms with Crippen LogP contribution in [0.1, 0.15) is 22.3 Å². The third-order valence-electron chi connectivity index (χ3n) is 3.18. The lowest BCUT2D eigenvalue weighted by Gasteiger charge is -2.09. The number of aryl methyl sites for hydroxylation is 1. The first kappa shape index (κ1) is 16.4. The Morgan fingerprint density at radius 1 is 1.22 bits per heavy atom. The molecule has 2 rings (SSSR count). The Bertz CT molecular complexity index is 688. The van der Waals surface area contributed by atoms with Gasteiger partial charge in [0.05, 0.1) is 22.8 Å². The van der Waals surface area contributed by atoms with E-state index in [1.54, 1.807) is 0 Å². The van der Waals surface area contributed by atoms with E-state index in [1.165, 1.54) is 17.7 Å². The highest BCUT2D eigenvalue weighted by Gasteiger charge is 2.16. The number of nitrogens with zero attached hydrogens (tertiary/aromatic N) is 1. The summed E-state index contributed by atoms with van der Waals surface area (Å²) in [5, 5.41) is 19.8. The molecule has 0 aromatic heterocycles. The summed E-state index contributed by atoms with van der Waals surface area (Å²) < 4.78 is 0. The smallest absolute Gasteiger partial charge is 0.338 e. The largest absolute Gasteiger partial charge is 0.478 e. The molecule has 0 saturated heterocycles. The molecule has 0 heterocycles. The number of hydrogen-bond donors (Lipinski definition) is 2. The van der Waals surface area contributed by atoms with E-state index in [-0.39, 0.29) is 16.9 Å². The molecule has 2 N–H and O–H groups in total. The fraction of sp³-hybridized carbons (Fsp3) is 0.188. The Morgan fingerprint density at radius 2 is 1.96 bits per heavy atom. The molecule has 2 aromatic carbocycles. The van der Waals surface area contributed by atoms with E-state index in [0.29, 0.717) is 6.61 Å². The highest BCUT2D eigenvalue weighted by molar-refractivity contribution is 5.94. The first-order valence-electron chi connectivity index (χ1n) is 7.01. The van der Waals surface area contributed by atoms with Crippen molar-refractivity contribution in [3.05, 3.63) is 69.8 Å². The Balaban J connectivity index is 1.87. The van der Waals surface area contributed by atoms with E-state index in [9.17, 15) is 14.9 Å². The van der Waals surface area contributed by atoms with E-state index < -0.39 is 10.9 Å². The molecule has 0 saturated carbocycles. The lowest BCUT2D eigenvalue weighted by atomic mass is 10.1. The number of non-ortho nitro benzene ring substituents is 1. The zero-order valence-corrected chi connectivity index (χ0v) is 12.3. The van der Waals surface area contributed by atoms with Crippen molar-refractivity contribution in [1.82, 2.24) is 0 Å². The number of carboxylic acids is 1. The minimum absolute atomic E-state index is 0.183. The number of hydrogen-bond acceptors (Lipinski definition) is 5. The SMILES string of the molecule is O=C(O)c1cc([N+](=O)[O-])ccc1NOCCCc1ccccc1. The summed E-state index contributed by atoms with van der Waals surface area (Å²) in [6.45, 7) is 0.380. The van der Waals surface area contributed by atoms with Crippen molar-refractivity contribution < 1.29 is 19.7 Å². The van der Waals surface area contributed by atoms with Gasteiger partial charge in [-0.05, 0) is 24.5 Å². The number of carbonyl (C=O) groups is 1. The molecular weight excluding hydrogens is 300 g/mol. The van der Waals surface area contributed by atoms with Crippen LogP contribution < -0.4 is 5.48 Å². The quantitative estimate of drug-likeness (QED) is 0.440. The van der Waals surface area contributed by atoms with Crippen LogP contribution in [0.3, 0.4) is 0 Å². The van der Waals surface area contributed by atoms with Crippen LogP contribution in [0.2, 0.25) is 0 Å². The second-order valence-corrected chi connectivity index (χ2v) is 4.83. The number of carboxylic acid groups (broad SMARTS) is 1. The second-order valence-electron chi connectivity index (χ2n) is 4.83. The van der Waals surface area contributed by atoms with Crippen LogP contribution in [0.4, 0.5) is 11.4 Å². The number of nitro benzene ring substituents is 1. The van der Waals surface area contributed by atoms with Gasteiger partial charge in [0.15, 0.2) is 0 Å². The van der Waals surface area contributed by atoms with Crippen molar-refractivity contribution >= 4 is 17.3 Å². The van der Waals surface area contributed by atoms with Gasteiger partial charge in [-0.2, -0.15) is 0 Å². The number of aromatic carboxylic acids is 1. The molecule has 0 bridgehead atoms. The Kier molecular flexibility index (Phi) is 5.65. The summed E-state index contributed by atoms with van der Waals surface area (Å²) >= 11 is 0. The zero-order valence-electron chi connectivity index (χ0n) is 12.3. The summed E-state index contributed by atoms with van der Waals surface area (Å²) in [5.41, 5.74) is 3.43. The third-order valence-corrected chi connectivity index (χ3v) is 3.18. The van der Waals surface area contributed by atoms with Gasteiger partial charge >= 0.3 is 5.97 Å².